The highest BCUT2D eigenvalue weighted by atomic mass is 16.7. The summed E-state index contributed by atoms with van der Waals surface area (Å²) in [4.78, 5) is 0. The predicted octanol–water partition coefficient (Wildman–Crippen LogP) is 3.81. The summed E-state index contributed by atoms with van der Waals surface area (Å²) in [5.41, 5.74) is 2.29. The van der Waals surface area contributed by atoms with Gasteiger partial charge in [0.15, 0.2) is 0 Å². The number of methoxy groups -OCH3 is 1. The van der Waals surface area contributed by atoms with E-state index in [1.165, 1.54) is 5.56 Å². The highest BCUT2D eigenvalue weighted by Crippen LogP contribution is 2.36. The van der Waals surface area contributed by atoms with Crippen LogP contribution in [-0.2, 0) is 9.47 Å². The Morgan fingerprint density at radius 3 is 2.16 bits per heavy atom. The maximum absolute atomic E-state index is 5.90. The van der Waals surface area contributed by atoms with Gasteiger partial charge in [0.05, 0.1) is 5.92 Å². The van der Waals surface area contributed by atoms with Crippen molar-refractivity contribution in [2.45, 2.75) is 12.2 Å². The monoisotopic (exact) mass is 252 g/mol. The molecule has 2 unspecified atom stereocenters. The summed E-state index contributed by atoms with van der Waals surface area (Å²) < 4.78 is 11.4. The minimum Gasteiger partial charge on any atom is -0.464 e. The Balaban J connectivity index is 1.93. The first-order valence-electron chi connectivity index (χ1n) is 6.40. The van der Waals surface area contributed by atoms with E-state index in [1.807, 2.05) is 48.5 Å². The highest BCUT2D eigenvalue weighted by Gasteiger charge is 2.30. The molecular formula is C17H16O2. The molecule has 3 rings (SSSR count). The second-order valence-electron chi connectivity index (χ2n) is 4.56. The summed E-state index contributed by atoms with van der Waals surface area (Å²) in [6.07, 6.45) is 1.89. The molecule has 2 nitrogen and oxygen atoms in total. The zero-order valence-electron chi connectivity index (χ0n) is 10.8. The SMILES string of the molecule is COC1OC(c2ccccc2)=CC1c1ccccc1. The van der Waals surface area contributed by atoms with Crippen molar-refractivity contribution in [2.75, 3.05) is 7.11 Å². The Hall–Kier alpha value is -2.06. The fraction of sp³-hybridized carbons (Fsp3) is 0.176. The van der Waals surface area contributed by atoms with Crippen molar-refractivity contribution in [2.24, 2.45) is 0 Å². The van der Waals surface area contributed by atoms with Crippen LogP contribution in [0.25, 0.3) is 5.76 Å². The zero-order valence-corrected chi connectivity index (χ0v) is 10.8. The lowest BCUT2D eigenvalue weighted by Crippen LogP contribution is -2.17. The summed E-state index contributed by atoms with van der Waals surface area (Å²) in [6, 6.07) is 20.4. The van der Waals surface area contributed by atoms with Crippen LogP contribution in [0.5, 0.6) is 0 Å². The van der Waals surface area contributed by atoms with E-state index in [0.717, 1.165) is 11.3 Å². The van der Waals surface area contributed by atoms with Crippen LogP contribution in [0.1, 0.15) is 17.0 Å². The second kappa shape index (κ2) is 5.29. The minimum atomic E-state index is -0.252. The average Bonchev–Trinajstić information content (AvgIpc) is 2.93. The quantitative estimate of drug-likeness (QED) is 0.827. The van der Waals surface area contributed by atoms with Gasteiger partial charge in [-0.2, -0.15) is 0 Å². The predicted molar refractivity (Wildman–Crippen MR) is 75.5 cm³/mol. The van der Waals surface area contributed by atoms with Crippen molar-refractivity contribution in [1.82, 2.24) is 0 Å². The van der Waals surface area contributed by atoms with E-state index in [1.54, 1.807) is 7.11 Å². The first kappa shape index (κ1) is 12.0. The highest BCUT2D eigenvalue weighted by molar-refractivity contribution is 5.63. The largest absolute Gasteiger partial charge is 0.464 e. The molecule has 1 heterocycles. The van der Waals surface area contributed by atoms with Gasteiger partial charge in [0.1, 0.15) is 5.76 Å². The van der Waals surface area contributed by atoms with E-state index in [4.69, 9.17) is 9.47 Å². The molecule has 0 fully saturated rings. The Labute approximate surface area is 113 Å². The Morgan fingerprint density at radius 1 is 0.895 bits per heavy atom. The lowest BCUT2D eigenvalue weighted by Gasteiger charge is -2.17. The van der Waals surface area contributed by atoms with E-state index in [2.05, 4.69) is 18.2 Å². The molecule has 0 bridgehead atoms. The molecule has 2 atom stereocenters. The molecule has 96 valence electrons. The molecule has 2 aromatic rings. The number of rotatable bonds is 3. The number of hydrogen-bond donors (Lipinski definition) is 0. The van der Waals surface area contributed by atoms with Crippen LogP contribution in [0.15, 0.2) is 66.7 Å². The lowest BCUT2D eigenvalue weighted by molar-refractivity contribution is -0.0679. The lowest BCUT2D eigenvalue weighted by atomic mass is 9.98. The first-order chi connectivity index (χ1) is 9.38. The summed E-state index contributed by atoms with van der Waals surface area (Å²) in [7, 11) is 1.68. The third-order valence-electron chi connectivity index (χ3n) is 3.34. The normalized spacial score (nSPS) is 21.8. The van der Waals surface area contributed by atoms with Gasteiger partial charge in [-0.05, 0) is 11.6 Å². The molecule has 0 saturated carbocycles. The van der Waals surface area contributed by atoms with Crippen molar-refractivity contribution >= 4 is 5.76 Å². The maximum atomic E-state index is 5.90. The van der Waals surface area contributed by atoms with Gasteiger partial charge in [-0.3, -0.25) is 0 Å². The molecule has 0 saturated heterocycles. The standard InChI is InChI=1S/C17H16O2/c1-18-17-15(13-8-4-2-5-9-13)12-16(19-17)14-10-6-3-7-11-14/h2-12,15,17H,1H3. The van der Waals surface area contributed by atoms with Crippen molar-refractivity contribution in [3.8, 4) is 0 Å². The van der Waals surface area contributed by atoms with Crippen LogP contribution in [0.3, 0.4) is 0 Å². The van der Waals surface area contributed by atoms with Crippen LogP contribution in [0.4, 0.5) is 0 Å². The number of ether oxygens (including phenoxy) is 2. The van der Waals surface area contributed by atoms with E-state index in [0.29, 0.717) is 0 Å². The van der Waals surface area contributed by atoms with Gasteiger partial charge in [-0.1, -0.05) is 60.7 Å². The molecule has 0 radical (unpaired) electrons. The summed E-state index contributed by atoms with van der Waals surface area (Å²) in [6.45, 7) is 0. The molecule has 0 aromatic heterocycles. The fourth-order valence-corrected chi connectivity index (χ4v) is 2.37. The van der Waals surface area contributed by atoms with E-state index in [-0.39, 0.29) is 12.2 Å². The Kier molecular flexibility index (Phi) is 3.34. The molecule has 1 aliphatic heterocycles. The number of benzene rings is 2. The van der Waals surface area contributed by atoms with Crippen molar-refractivity contribution in [1.29, 1.82) is 0 Å². The van der Waals surface area contributed by atoms with E-state index in [9.17, 15) is 0 Å². The molecular weight excluding hydrogens is 236 g/mol. The zero-order chi connectivity index (χ0) is 13.1. The van der Waals surface area contributed by atoms with Crippen molar-refractivity contribution < 1.29 is 9.47 Å². The smallest absolute Gasteiger partial charge is 0.210 e. The molecule has 0 amide bonds. The molecule has 0 aliphatic carbocycles. The third-order valence-corrected chi connectivity index (χ3v) is 3.34. The van der Waals surface area contributed by atoms with Gasteiger partial charge in [0.2, 0.25) is 6.29 Å². The molecule has 2 aromatic carbocycles. The van der Waals surface area contributed by atoms with Crippen LogP contribution < -0.4 is 0 Å². The number of hydrogen-bond acceptors (Lipinski definition) is 2. The third kappa shape index (κ3) is 2.40. The maximum Gasteiger partial charge on any atom is 0.210 e. The van der Waals surface area contributed by atoms with E-state index < -0.39 is 0 Å². The Morgan fingerprint density at radius 2 is 1.53 bits per heavy atom. The summed E-state index contributed by atoms with van der Waals surface area (Å²) in [5.74, 6) is 1.03. The molecule has 19 heavy (non-hydrogen) atoms. The van der Waals surface area contributed by atoms with Crippen LogP contribution in [0.2, 0.25) is 0 Å². The van der Waals surface area contributed by atoms with Gasteiger partial charge >= 0.3 is 0 Å². The van der Waals surface area contributed by atoms with Gasteiger partial charge in [-0.15, -0.1) is 0 Å². The van der Waals surface area contributed by atoms with Crippen LogP contribution >= 0.6 is 0 Å². The average molecular weight is 252 g/mol. The van der Waals surface area contributed by atoms with Crippen molar-refractivity contribution in [3.05, 3.63) is 77.9 Å². The van der Waals surface area contributed by atoms with Gasteiger partial charge in [0, 0.05) is 12.7 Å². The topological polar surface area (TPSA) is 18.5 Å². The molecule has 1 aliphatic rings. The summed E-state index contributed by atoms with van der Waals surface area (Å²) >= 11 is 0. The van der Waals surface area contributed by atoms with Gasteiger partial charge < -0.3 is 9.47 Å². The van der Waals surface area contributed by atoms with Gasteiger partial charge in [0.25, 0.3) is 0 Å². The first-order valence-corrected chi connectivity index (χ1v) is 6.40. The second-order valence-corrected chi connectivity index (χ2v) is 4.56. The molecule has 2 heteroatoms. The molecule has 0 N–H and O–H groups in total. The van der Waals surface area contributed by atoms with Crippen molar-refractivity contribution in [3.63, 3.8) is 0 Å². The molecule has 0 spiro atoms. The summed E-state index contributed by atoms with van der Waals surface area (Å²) in [5, 5.41) is 0. The fourth-order valence-electron chi connectivity index (χ4n) is 2.37. The van der Waals surface area contributed by atoms with Crippen LogP contribution in [0, 0.1) is 0 Å². The van der Waals surface area contributed by atoms with Crippen LogP contribution in [-0.4, -0.2) is 13.4 Å². The Bertz CT molecular complexity index is 560. The minimum absolute atomic E-state index is 0.140. The van der Waals surface area contributed by atoms with Gasteiger partial charge in [-0.25, -0.2) is 0 Å². The van der Waals surface area contributed by atoms with E-state index >= 15 is 0 Å².